The van der Waals surface area contributed by atoms with Crippen LogP contribution in [-0.4, -0.2) is 46.1 Å². The Morgan fingerprint density at radius 2 is 1.94 bits per heavy atom. The molecule has 1 aliphatic rings. The molecule has 1 aromatic heterocycles. The van der Waals surface area contributed by atoms with Gasteiger partial charge in [-0.05, 0) is 58.7 Å². The van der Waals surface area contributed by atoms with E-state index < -0.39 is 35.0 Å². The Bertz CT molecular complexity index is 1050. The summed E-state index contributed by atoms with van der Waals surface area (Å²) in [6.07, 6.45) is -0.995. The fraction of sp³-hybridized carbons (Fsp3) is 0.435. The van der Waals surface area contributed by atoms with Gasteiger partial charge in [0.25, 0.3) is 5.91 Å². The maximum atomic E-state index is 13.0. The van der Waals surface area contributed by atoms with Crippen LogP contribution in [0.4, 0.5) is 13.2 Å². The molecule has 1 amide bonds. The van der Waals surface area contributed by atoms with Gasteiger partial charge in [0.05, 0.1) is 29.7 Å². The topological polar surface area (TPSA) is 113 Å². The zero-order valence-electron chi connectivity index (χ0n) is 19.4. The molecule has 0 atom stereocenters. The van der Waals surface area contributed by atoms with Gasteiger partial charge in [-0.3, -0.25) is 4.79 Å². The molecule has 0 spiro atoms. The molecular weight excluding hydrogens is 453 g/mol. The van der Waals surface area contributed by atoms with Crippen molar-refractivity contribution in [3.8, 4) is 0 Å². The first-order valence-corrected chi connectivity index (χ1v) is 10.6. The van der Waals surface area contributed by atoms with E-state index in [1.165, 1.54) is 0 Å². The third-order valence-electron chi connectivity index (χ3n) is 4.59. The van der Waals surface area contributed by atoms with Crippen molar-refractivity contribution in [3.05, 3.63) is 52.5 Å². The van der Waals surface area contributed by atoms with Crippen molar-refractivity contribution < 1.29 is 32.6 Å². The zero-order chi connectivity index (χ0) is 25.5. The Labute approximate surface area is 195 Å². The first-order chi connectivity index (χ1) is 15.8. The highest BCUT2D eigenvalue weighted by atomic mass is 19.4. The highest BCUT2D eigenvalue weighted by Crippen LogP contribution is 2.27. The lowest BCUT2D eigenvalue weighted by molar-refractivity contribution is -0.141. The summed E-state index contributed by atoms with van der Waals surface area (Å²) in [4.78, 5) is 28.7. The Balaban J connectivity index is 2.40. The van der Waals surface area contributed by atoms with Gasteiger partial charge in [0.15, 0.2) is 0 Å². The number of amides is 1. The molecule has 0 aromatic carbocycles. The molecule has 0 saturated carbocycles. The maximum Gasteiger partial charge on any atom is 0.433 e. The summed E-state index contributed by atoms with van der Waals surface area (Å²) in [6, 6.07) is 2.97. The molecule has 0 radical (unpaired) electrons. The molecule has 8 nitrogen and oxygen atoms in total. The number of halogens is 3. The smallest absolute Gasteiger partial charge is 0.433 e. The van der Waals surface area contributed by atoms with E-state index in [0.717, 1.165) is 24.4 Å². The van der Waals surface area contributed by atoms with E-state index in [1.54, 1.807) is 33.8 Å². The molecule has 2 heterocycles. The number of allylic oxidation sites excluding steroid dienone is 2. The fourth-order valence-corrected chi connectivity index (χ4v) is 2.95. The number of hydrogen-bond donors (Lipinski definition) is 2. The second-order valence-corrected chi connectivity index (χ2v) is 8.29. The number of aromatic nitrogens is 1. The lowest BCUT2D eigenvalue weighted by Gasteiger charge is -2.16. The molecule has 1 aliphatic heterocycles. The fourth-order valence-electron chi connectivity index (χ4n) is 2.95. The van der Waals surface area contributed by atoms with Crippen LogP contribution in [0.5, 0.6) is 0 Å². The van der Waals surface area contributed by atoms with Gasteiger partial charge in [0.1, 0.15) is 11.4 Å². The average Bonchev–Trinajstić information content (AvgIpc) is 2.80. The third-order valence-corrected chi connectivity index (χ3v) is 4.59. The summed E-state index contributed by atoms with van der Waals surface area (Å²) < 4.78 is 44.0. The molecule has 0 bridgehead atoms. The number of rotatable bonds is 7. The highest BCUT2D eigenvalue weighted by Gasteiger charge is 2.33. The molecule has 2 N–H and O–H groups in total. The van der Waals surface area contributed by atoms with Crippen molar-refractivity contribution >= 4 is 23.8 Å². The van der Waals surface area contributed by atoms with E-state index in [4.69, 9.17) is 4.74 Å². The van der Waals surface area contributed by atoms with Crippen LogP contribution in [0, 0.1) is 0 Å². The van der Waals surface area contributed by atoms with Gasteiger partial charge in [-0.15, -0.1) is 0 Å². The van der Waals surface area contributed by atoms with Crippen LogP contribution in [0.2, 0.25) is 0 Å². The maximum absolute atomic E-state index is 13.0. The Morgan fingerprint density at radius 3 is 2.56 bits per heavy atom. The summed E-state index contributed by atoms with van der Waals surface area (Å²) in [5.41, 5.74) is -1.37. The average molecular weight is 480 g/mol. The van der Waals surface area contributed by atoms with Gasteiger partial charge in [0.2, 0.25) is 0 Å². The van der Waals surface area contributed by atoms with Crippen molar-refractivity contribution in [3.63, 3.8) is 0 Å². The van der Waals surface area contributed by atoms with Gasteiger partial charge >= 0.3 is 12.1 Å². The molecule has 34 heavy (non-hydrogen) atoms. The molecule has 0 aliphatic carbocycles. The molecule has 11 heteroatoms. The van der Waals surface area contributed by atoms with E-state index in [1.807, 2.05) is 0 Å². The minimum Gasteiger partial charge on any atom is -0.462 e. The second kappa shape index (κ2) is 11.2. The molecule has 1 aromatic rings. The zero-order valence-corrected chi connectivity index (χ0v) is 19.4. The first-order valence-electron chi connectivity index (χ1n) is 10.6. The van der Waals surface area contributed by atoms with E-state index >= 15 is 0 Å². The summed E-state index contributed by atoms with van der Waals surface area (Å²) in [5.74, 6) is -1.70. The normalized spacial score (nSPS) is 15.1. The van der Waals surface area contributed by atoms with E-state index in [-0.39, 0.29) is 24.3 Å². The van der Waals surface area contributed by atoms with Crippen LogP contribution in [0.15, 0.2) is 51.3 Å². The largest absolute Gasteiger partial charge is 0.462 e. The van der Waals surface area contributed by atoms with Crippen molar-refractivity contribution in [2.45, 2.75) is 58.7 Å². The van der Waals surface area contributed by atoms with Gasteiger partial charge in [-0.2, -0.15) is 23.4 Å². The predicted molar refractivity (Wildman–Crippen MR) is 120 cm³/mol. The number of aliphatic hydroxyl groups is 1. The van der Waals surface area contributed by atoms with Gasteiger partial charge in [0, 0.05) is 12.1 Å². The first kappa shape index (κ1) is 26.9. The number of pyridine rings is 1. The number of carbonyl (C=O) groups excluding carboxylic acids is 2. The van der Waals surface area contributed by atoms with E-state index in [0.29, 0.717) is 24.1 Å². The Kier molecular flexibility index (Phi) is 8.86. The molecule has 0 fully saturated rings. The number of nitrogens with zero attached hydrogens (tertiary/aromatic N) is 3. The van der Waals surface area contributed by atoms with Gasteiger partial charge in [-0.1, -0.05) is 11.6 Å². The molecule has 0 saturated heterocycles. The summed E-state index contributed by atoms with van der Waals surface area (Å²) in [6.45, 7) is 6.73. The summed E-state index contributed by atoms with van der Waals surface area (Å²) in [7, 11) is 0. The standard InChI is InChI=1S/C23H27F3N4O4/c1-5-34-21(32)16-13-27-30-15(9-10-22(3,4)33)11-14(2)12-18(16)29-20(31)17-7-6-8-19(28-17)23(24,25)26/h6-8,11,13,33H,5,9-10,12H2,1-4H3,(H,29,31). The van der Waals surface area contributed by atoms with E-state index in [9.17, 15) is 27.9 Å². The highest BCUT2D eigenvalue weighted by molar-refractivity contribution is 6.11. The van der Waals surface area contributed by atoms with Crippen LogP contribution in [0.3, 0.4) is 0 Å². The molecule has 2 rings (SSSR count). The third kappa shape index (κ3) is 8.22. The predicted octanol–water partition coefficient (Wildman–Crippen LogP) is 3.98. The van der Waals surface area contributed by atoms with Crippen LogP contribution < -0.4 is 5.32 Å². The van der Waals surface area contributed by atoms with Crippen LogP contribution in [0.25, 0.3) is 0 Å². The molecular formula is C23H27F3N4O4. The lowest BCUT2D eigenvalue weighted by Crippen LogP contribution is -2.28. The van der Waals surface area contributed by atoms with Crippen molar-refractivity contribution in [1.82, 2.24) is 10.3 Å². The number of esters is 1. The minimum atomic E-state index is -4.72. The number of alkyl halides is 3. The number of hydrogen-bond acceptors (Lipinski definition) is 7. The van der Waals surface area contributed by atoms with Crippen molar-refractivity contribution in [2.75, 3.05) is 6.61 Å². The Hall–Kier alpha value is -3.34. The monoisotopic (exact) mass is 480 g/mol. The van der Waals surface area contributed by atoms with E-state index in [2.05, 4.69) is 20.5 Å². The molecule has 0 unspecified atom stereocenters. The second-order valence-electron chi connectivity index (χ2n) is 8.29. The SMILES string of the molecule is CCOC(=O)C1=C(NC(=O)c2cccc(C(F)(F)F)n2)CC(C)=CC(CCC(C)(C)O)=NN=C1. The summed E-state index contributed by atoms with van der Waals surface area (Å²) in [5, 5.41) is 20.5. The summed E-state index contributed by atoms with van der Waals surface area (Å²) >= 11 is 0. The van der Waals surface area contributed by atoms with Gasteiger partial charge in [-0.25, -0.2) is 9.78 Å². The van der Waals surface area contributed by atoms with Crippen LogP contribution in [0.1, 0.15) is 63.1 Å². The minimum absolute atomic E-state index is 0.0570. The van der Waals surface area contributed by atoms with Crippen LogP contribution >= 0.6 is 0 Å². The van der Waals surface area contributed by atoms with Crippen molar-refractivity contribution in [1.29, 1.82) is 0 Å². The number of nitrogens with one attached hydrogen (secondary N) is 1. The van der Waals surface area contributed by atoms with Crippen molar-refractivity contribution in [2.24, 2.45) is 10.2 Å². The Morgan fingerprint density at radius 1 is 1.24 bits per heavy atom. The quantitative estimate of drug-likeness (QED) is 0.574. The van der Waals surface area contributed by atoms with Crippen LogP contribution in [-0.2, 0) is 15.7 Å². The lowest BCUT2D eigenvalue weighted by atomic mass is 9.99. The number of carbonyl (C=O) groups is 2. The number of ether oxygens (including phenoxy) is 1. The molecule has 184 valence electrons. The van der Waals surface area contributed by atoms with Gasteiger partial charge < -0.3 is 15.2 Å².